The molecular weight excluding hydrogens is 505 g/mol. The fourth-order valence-corrected chi connectivity index (χ4v) is 4.34. The molecule has 0 aromatic heterocycles. The van der Waals surface area contributed by atoms with Crippen molar-refractivity contribution < 1.29 is 18.6 Å². The second kappa shape index (κ2) is 24.0. The van der Waals surface area contributed by atoms with Crippen LogP contribution in [0.15, 0.2) is 91.1 Å². The number of carbonyl (C=O) groups excluding carboxylic acids is 1. The molecule has 0 spiro atoms. The Morgan fingerprint density at radius 1 is 0.944 bits per heavy atom. The number of hydrogen-bond acceptors (Lipinski definition) is 4. The number of allylic oxidation sites excluding steroid dienone is 7. The minimum atomic E-state index is -0.137. The quantitative estimate of drug-likeness (QED) is 0.0538. The Hall–Kier alpha value is -1.40. The van der Waals surface area contributed by atoms with E-state index in [4.69, 9.17) is 13.8 Å². The highest BCUT2D eigenvalue weighted by atomic mass is 32.0. The summed E-state index contributed by atoms with van der Waals surface area (Å²) in [4.78, 5) is 11.9. The van der Waals surface area contributed by atoms with Crippen molar-refractivity contribution in [2.24, 2.45) is 0 Å². The van der Waals surface area contributed by atoms with Crippen molar-refractivity contribution in [1.82, 2.24) is 0 Å². The Morgan fingerprint density at radius 3 is 2.36 bits per heavy atom. The van der Waals surface area contributed by atoms with Gasteiger partial charge in [0.2, 0.25) is 0 Å². The molecule has 0 aliphatic rings. The number of ether oxygens (including phenoxy) is 1. The van der Waals surface area contributed by atoms with Crippen LogP contribution in [-0.2, 0) is 25.2 Å². The molecule has 0 heterocycles. The molecule has 0 radical (unpaired) electrons. The SMILES string of the molecule is CC/C=C\C/C=C\CC(\C=C/C=C/C=C/C(CCCCCC(=O)OCc1ccccc1)OP)OPP. The van der Waals surface area contributed by atoms with Crippen LogP contribution < -0.4 is 0 Å². The first-order chi connectivity index (χ1) is 17.7. The van der Waals surface area contributed by atoms with Crippen molar-refractivity contribution in [1.29, 1.82) is 0 Å². The van der Waals surface area contributed by atoms with E-state index < -0.39 is 0 Å². The molecule has 0 saturated heterocycles. The highest BCUT2D eigenvalue weighted by molar-refractivity contribution is 8.00. The van der Waals surface area contributed by atoms with Crippen LogP contribution in [-0.4, -0.2) is 18.2 Å². The summed E-state index contributed by atoms with van der Waals surface area (Å²) in [6.07, 6.45) is 28.1. The van der Waals surface area contributed by atoms with Crippen LogP contribution in [0.4, 0.5) is 0 Å². The van der Waals surface area contributed by atoms with E-state index in [-0.39, 0.29) is 18.2 Å². The van der Waals surface area contributed by atoms with Gasteiger partial charge in [-0.25, -0.2) is 0 Å². The van der Waals surface area contributed by atoms with Crippen LogP contribution in [0.3, 0.4) is 0 Å². The molecule has 0 amide bonds. The first kappa shape index (κ1) is 32.6. The molecule has 0 fully saturated rings. The predicted octanol–water partition coefficient (Wildman–Crippen LogP) is 8.60. The molecule has 198 valence electrons. The summed E-state index contributed by atoms with van der Waals surface area (Å²) in [5.74, 6) is -0.137. The number of hydrogen-bond donors (Lipinski definition) is 0. The molecule has 5 atom stereocenters. The lowest BCUT2D eigenvalue weighted by Gasteiger charge is -2.10. The van der Waals surface area contributed by atoms with Crippen LogP contribution in [0.1, 0.15) is 63.9 Å². The minimum Gasteiger partial charge on any atom is -0.461 e. The maximum Gasteiger partial charge on any atom is 0.306 e. The molecule has 0 bridgehead atoms. The van der Waals surface area contributed by atoms with Crippen LogP contribution in [0.25, 0.3) is 0 Å². The third-order valence-electron chi connectivity index (χ3n) is 5.20. The summed E-state index contributed by atoms with van der Waals surface area (Å²) in [5.41, 5.74) is 1.01. The Balaban J connectivity index is 2.22. The first-order valence-corrected chi connectivity index (χ1v) is 15.9. The summed E-state index contributed by atoms with van der Waals surface area (Å²) >= 11 is 0. The average Bonchev–Trinajstić information content (AvgIpc) is 2.90. The lowest BCUT2D eigenvalue weighted by Crippen LogP contribution is -2.05. The Morgan fingerprint density at radius 2 is 1.67 bits per heavy atom. The van der Waals surface area contributed by atoms with Gasteiger partial charge in [-0.2, -0.15) is 0 Å². The third kappa shape index (κ3) is 18.8. The van der Waals surface area contributed by atoms with Gasteiger partial charge in [-0.15, -0.1) is 0 Å². The lowest BCUT2D eigenvalue weighted by molar-refractivity contribution is -0.145. The molecule has 0 aliphatic carbocycles. The van der Waals surface area contributed by atoms with Crippen molar-refractivity contribution in [3.63, 3.8) is 0 Å². The molecular formula is C29H43O4P3. The maximum absolute atomic E-state index is 11.9. The molecule has 1 aromatic carbocycles. The summed E-state index contributed by atoms with van der Waals surface area (Å²) in [7, 11) is 5.37. The molecule has 5 unspecified atom stereocenters. The Kier molecular flexibility index (Phi) is 21.7. The van der Waals surface area contributed by atoms with Crippen molar-refractivity contribution in [2.45, 2.75) is 77.1 Å². The van der Waals surface area contributed by atoms with Gasteiger partial charge in [-0.05, 0) is 37.7 Å². The second-order valence-corrected chi connectivity index (χ2v) is 9.62. The monoisotopic (exact) mass is 548 g/mol. The standard InChI is InChI=1S/C29H43O4P3/c1-2-3-4-5-6-14-22-28(33-36-35)23-15-8-7-13-20-27(32-34)21-16-10-17-24-29(30)31-25-26-18-11-9-12-19-26/h3-4,6-9,11-15,18-20,23,27-28,36H,2,5,10,16-17,21-22,24-25,34-35H2,1H3/b4-3-,8-7+,14-6-,20-13+,23-15-. The summed E-state index contributed by atoms with van der Waals surface area (Å²) in [6.45, 7) is 2.49. The van der Waals surface area contributed by atoms with Crippen molar-refractivity contribution in [3.05, 3.63) is 96.7 Å². The molecule has 4 nitrogen and oxygen atoms in total. The molecule has 1 aromatic rings. The van der Waals surface area contributed by atoms with Gasteiger partial charge in [0.05, 0.1) is 12.2 Å². The third-order valence-corrected chi connectivity index (χ3v) is 6.40. The Labute approximate surface area is 225 Å². The van der Waals surface area contributed by atoms with E-state index in [0.29, 0.717) is 21.5 Å². The normalized spacial score (nSPS) is 14.4. The zero-order valence-corrected chi connectivity index (χ0v) is 24.8. The zero-order chi connectivity index (χ0) is 26.1. The summed E-state index contributed by atoms with van der Waals surface area (Å²) in [6, 6.07) is 9.76. The van der Waals surface area contributed by atoms with Crippen LogP contribution in [0, 0.1) is 0 Å². The molecule has 0 saturated carbocycles. The van der Waals surface area contributed by atoms with Gasteiger partial charge in [0.15, 0.2) is 0 Å². The van der Waals surface area contributed by atoms with Crippen LogP contribution >= 0.6 is 26.9 Å². The minimum absolute atomic E-state index is 0.0370. The number of carbonyl (C=O) groups is 1. The van der Waals surface area contributed by atoms with E-state index in [1.54, 1.807) is 0 Å². The number of esters is 1. The Bertz CT molecular complexity index is 819. The summed E-state index contributed by atoms with van der Waals surface area (Å²) < 4.78 is 16.6. The summed E-state index contributed by atoms with van der Waals surface area (Å²) in [5, 5.41) is 0. The molecule has 7 heteroatoms. The second-order valence-electron chi connectivity index (χ2n) is 8.17. The number of unbranched alkanes of at least 4 members (excludes halogenated alkanes) is 2. The fraction of sp³-hybridized carbons (Fsp3) is 0.414. The number of benzene rings is 1. The largest absolute Gasteiger partial charge is 0.461 e. The van der Waals surface area contributed by atoms with Crippen molar-refractivity contribution >= 4 is 32.9 Å². The van der Waals surface area contributed by atoms with E-state index in [1.165, 1.54) is 0 Å². The van der Waals surface area contributed by atoms with Gasteiger partial charge in [0.1, 0.15) is 6.61 Å². The molecule has 0 N–H and O–H groups in total. The van der Waals surface area contributed by atoms with Crippen molar-refractivity contribution in [3.8, 4) is 0 Å². The molecule has 0 aliphatic heterocycles. The van der Waals surface area contributed by atoms with E-state index in [1.807, 2.05) is 54.6 Å². The van der Waals surface area contributed by atoms with Gasteiger partial charge in [0.25, 0.3) is 0 Å². The van der Waals surface area contributed by atoms with Crippen molar-refractivity contribution in [2.75, 3.05) is 0 Å². The van der Waals surface area contributed by atoms with Gasteiger partial charge < -0.3 is 13.8 Å². The van der Waals surface area contributed by atoms with Crippen LogP contribution in [0.5, 0.6) is 0 Å². The highest BCUT2D eigenvalue weighted by Crippen LogP contribution is 2.25. The van der Waals surface area contributed by atoms with E-state index in [2.05, 4.69) is 61.8 Å². The van der Waals surface area contributed by atoms with E-state index in [9.17, 15) is 4.79 Å². The topological polar surface area (TPSA) is 44.8 Å². The number of rotatable bonds is 20. The average molecular weight is 549 g/mol. The molecule has 36 heavy (non-hydrogen) atoms. The lowest BCUT2D eigenvalue weighted by atomic mass is 10.1. The van der Waals surface area contributed by atoms with Gasteiger partial charge in [0, 0.05) is 24.4 Å². The van der Waals surface area contributed by atoms with Gasteiger partial charge in [-0.1, -0.05) is 120 Å². The van der Waals surface area contributed by atoms with Crippen LogP contribution in [0.2, 0.25) is 0 Å². The van der Waals surface area contributed by atoms with Gasteiger partial charge in [-0.3, -0.25) is 4.79 Å². The fourth-order valence-electron chi connectivity index (χ4n) is 3.24. The van der Waals surface area contributed by atoms with E-state index in [0.717, 1.165) is 50.5 Å². The maximum atomic E-state index is 11.9. The highest BCUT2D eigenvalue weighted by Gasteiger charge is 2.05. The molecule has 1 rings (SSSR count). The smallest absolute Gasteiger partial charge is 0.306 e. The van der Waals surface area contributed by atoms with E-state index >= 15 is 0 Å². The first-order valence-electron chi connectivity index (χ1n) is 12.7. The van der Waals surface area contributed by atoms with Gasteiger partial charge >= 0.3 is 5.97 Å². The predicted molar refractivity (Wildman–Crippen MR) is 162 cm³/mol. The zero-order valence-electron chi connectivity index (χ0n) is 21.5.